The van der Waals surface area contributed by atoms with E-state index < -0.39 is 28.5 Å². The van der Waals surface area contributed by atoms with Crippen LogP contribution in [0.5, 0.6) is 0 Å². The molecule has 2 amide bonds. The molecule has 208 valence electrons. The zero-order valence-corrected chi connectivity index (χ0v) is 24.2. The molecule has 0 aliphatic rings. The lowest BCUT2D eigenvalue weighted by atomic mass is 10.1. The Morgan fingerprint density at radius 3 is 1.97 bits per heavy atom. The largest absolute Gasteiger partial charge is 0.352 e. The molecular weight excluding hydrogens is 510 g/mol. The smallest absolute Gasteiger partial charge is 0.264 e. The number of carbonyl (C=O) groups excluding carboxylic acids is 2. The summed E-state index contributed by atoms with van der Waals surface area (Å²) in [7, 11) is -4.07. The summed E-state index contributed by atoms with van der Waals surface area (Å²) in [4.78, 5) is 28.8. The molecular formula is C31H39N3O4S. The Bertz CT molecular complexity index is 1340. The number of nitrogens with zero attached hydrogens (tertiary/aromatic N) is 2. The summed E-state index contributed by atoms with van der Waals surface area (Å²) in [6, 6.07) is 22.5. The summed E-state index contributed by atoms with van der Waals surface area (Å²) < 4.78 is 28.9. The van der Waals surface area contributed by atoms with Gasteiger partial charge in [0.1, 0.15) is 12.6 Å². The Hall–Kier alpha value is -3.65. The Kier molecular flexibility index (Phi) is 10.3. The van der Waals surface area contributed by atoms with Gasteiger partial charge in [-0.3, -0.25) is 13.9 Å². The molecule has 0 aliphatic carbocycles. The zero-order valence-electron chi connectivity index (χ0n) is 23.4. The lowest BCUT2D eigenvalue weighted by Crippen LogP contribution is -2.54. The van der Waals surface area contributed by atoms with Crippen LogP contribution in [0.15, 0.2) is 83.8 Å². The number of amides is 2. The summed E-state index contributed by atoms with van der Waals surface area (Å²) in [5.41, 5.74) is 3.20. The highest BCUT2D eigenvalue weighted by molar-refractivity contribution is 7.92. The van der Waals surface area contributed by atoms with Crippen molar-refractivity contribution < 1.29 is 18.0 Å². The van der Waals surface area contributed by atoms with E-state index in [0.29, 0.717) is 18.5 Å². The van der Waals surface area contributed by atoms with Crippen LogP contribution in [0.25, 0.3) is 0 Å². The second-order valence-corrected chi connectivity index (χ2v) is 11.9. The molecule has 8 heteroatoms. The molecule has 3 aromatic rings. The van der Waals surface area contributed by atoms with Gasteiger partial charge in [0.25, 0.3) is 10.0 Å². The number of hydrogen-bond donors (Lipinski definition) is 1. The van der Waals surface area contributed by atoms with Crippen molar-refractivity contribution in [1.82, 2.24) is 10.2 Å². The van der Waals surface area contributed by atoms with Crippen LogP contribution in [0.3, 0.4) is 0 Å². The molecule has 3 rings (SSSR count). The van der Waals surface area contributed by atoms with Crippen molar-refractivity contribution in [3.63, 3.8) is 0 Å². The first-order chi connectivity index (χ1) is 18.5. The SMILES string of the molecule is CC[C@H](C(=O)NC(C)C)N(CCc1ccccc1)C(=O)CN(c1cc(C)cc(C)c1)S(=O)(=O)c1ccccc1. The van der Waals surface area contributed by atoms with E-state index in [1.807, 2.05) is 71.0 Å². The first-order valence-electron chi connectivity index (χ1n) is 13.3. The van der Waals surface area contributed by atoms with Gasteiger partial charge in [-0.1, -0.05) is 61.5 Å². The van der Waals surface area contributed by atoms with E-state index in [4.69, 9.17) is 0 Å². The van der Waals surface area contributed by atoms with E-state index in [1.54, 1.807) is 30.3 Å². The number of rotatable bonds is 12. The Morgan fingerprint density at radius 2 is 1.44 bits per heavy atom. The summed E-state index contributed by atoms with van der Waals surface area (Å²) >= 11 is 0. The number of anilines is 1. The maximum Gasteiger partial charge on any atom is 0.264 e. The van der Waals surface area contributed by atoms with Crippen molar-refractivity contribution in [1.29, 1.82) is 0 Å². The number of nitrogens with one attached hydrogen (secondary N) is 1. The number of carbonyl (C=O) groups is 2. The summed E-state index contributed by atoms with van der Waals surface area (Å²) in [6.45, 7) is 9.22. The third-order valence-corrected chi connectivity index (χ3v) is 8.19. The minimum absolute atomic E-state index is 0.0946. The van der Waals surface area contributed by atoms with Gasteiger partial charge >= 0.3 is 0 Å². The zero-order chi connectivity index (χ0) is 28.6. The van der Waals surface area contributed by atoms with Gasteiger partial charge in [0.2, 0.25) is 11.8 Å². The number of benzene rings is 3. The molecule has 39 heavy (non-hydrogen) atoms. The fraction of sp³-hybridized carbons (Fsp3) is 0.355. The molecule has 7 nitrogen and oxygen atoms in total. The number of hydrogen-bond acceptors (Lipinski definition) is 4. The Balaban J connectivity index is 2.03. The van der Waals surface area contributed by atoms with Crippen LogP contribution < -0.4 is 9.62 Å². The molecule has 0 bridgehead atoms. The summed E-state index contributed by atoms with van der Waals surface area (Å²) in [5.74, 6) is -0.687. The van der Waals surface area contributed by atoms with E-state index in [0.717, 1.165) is 21.0 Å². The lowest BCUT2D eigenvalue weighted by molar-refractivity contribution is -0.139. The van der Waals surface area contributed by atoms with E-state index in [9.17, 15) is 18.0 Å². The molecule has 0 unspecified atom stereocenters. The predicted molar refractivity (Wildman–Crippen MR) is 156 cm³/mol. The van der Waals surface area contributed by atoms with Crippen molar-refractivity contribution >= 4 is 27.5 Å². The van der Waals surface area contributed by atoms with Crippen LogP contribution in [-0.4, -0.2) is 50.3 Å². The van der Waals surface area contributed by atoms with Gasteiger partial charge in [0, 0.05) is 12.6 Å². The van der Waals surface area contributed by atoms with Gasteiger partial charge in [0.15, 0.2) is 0 Å². The molecule has 0 spiro atoms. The lowest BCUT2D eigenvalue weighted by Gasteiger charge is -2.33. The molecule has 0 saturated heterocycles. The average molecular weight is 550 g/mol. The highest BCUT2D eigenvalue weighted by Crippen LogP contribution is 2.26. The van der Waals surface area contributed by atoms with Crippen LogP contribution in [-0.2, 0) is 26.0 Å². The minimum atomic E-state index is -4.07. The molecule has 1 atom stereocenters. The average Bonchev–Trinajstić information content (AvgIpc) is 2.89. The van der Waals surface area contributed by atoms with Crippen LogP contribution in [0.1, 0.15) is 43.9 Å². The molecule has 0 radical (unpaired) electrons. The fourth-order valence-electron chi connectivity index (χ4n) is 4.62. The van der Waals surface area contributed by atoms with E-state index in [1.165, 1.54) is 17.0 Å². The van der Waals surface area contributed by atoms with Gasteiger partial charge in [-0.05, 0) is 81.5 Å². The fourth-order valence-corrected chi connectivity index (χ4v) is 6.04. The molecule has 1 N–H and O–H groups in total. The monoisotopic (exact) mass is 549 g/mol. The maximum absolute atomic E-state index is 14.0. The van der Waals surface area contributed by atoms with Crippen molar-refractivity contribution in [2.45, 2.75) is 64.4 Å². The predicted octanol–water partition coefficient (Wildman–Crippen LogP) is 4.87. The molecule has 0 aromatic heterocycles. The highest BCUT2D eigenvalue weighted by atomic mass is 32.2. The summed E-state index contributed by atoms with van der Waals surface area (Å²) in [5, 5.41) is 2.92. The first kappa shape index (κ1) is 29.9. The van der Waals surface area contributed by atoms with E-state index in [-0.39, 0.29) is 23.4 Å². The van der Waals surface area contributed by atoms with Crippen molar-refractivity contribution in [3.8, 4) is 0 Å². The number of aryl methyl sites for hydroxylation is 2. The van der Waals surface area contributed by atoms with Crippen LogP contribution in [0.4, 0.5) is 5.69 Å². The summed E-state index contributed by atoms with van der Waals surface area (Å²) in [6.07, 6.45) is 0.932. The van der Waals surface area contributed by atoms with E-state index >= 15 is 0 Å². The van der Waals surface area contributed by atoms with Crippen molar-refractivity contribution in [3.05, 3.63) is 95.6 Å². The molecule has 0 heterocycles. The minimum Gasteiger partial charge on any atom is -0.352 e. The number of sulfonamides is 1. The third kappa shape index (κ3) is 7.93. The highest BCUT2D eigenvalue weighted by Gasteiger charge is 2.33. The van der Waals surface area contributed by atoms with Crippen LogP contribution in [0.2, 0.25) is 0 Å². The standard InChI is InChI=1S/C31H39N3O4S/c1-6-29(31(36)32-23(2)3)33(18-17-26-13-9-7-10-14-26)30(35)22-34(27-20-24(4)19-25(5)21-27)39(37,38)28-15-11-8-12-16-28/h7-16,19-21,23,29H,6,17-18,22H2,1-5H3,(H,32,36)/t29-/m1/s1. The topological polar surface area (TPSA) is 86.8 Å². The van der Waals surface area contributed by atoms with Gasteiger partial charge in [0.05, 0.1) is 10.6 Å². The second kappa shape index (κ2) is 13.4. The van der Waals surface area contributed by atoms with Crippen LogP contribution >= 0.6 is 0 Å². The maximum atomic E-state index is 14.0. The van der Waals surface area contributed by atoms with Gasteiger partial charge in [-0.2, -0.15) is 0 Å². The van der Waals surface area contributed by atoms with Crippen molar-refractivity contribution in [2.24, 2.45) is 0 Å². The molecule has 0 fully saturated rings. The van der Waals surface area contributed by atoms with Gasteiger partial charge in [-0.25, -0.2) is 8.42 Å². The van der Waals surface area contributed by atoms with E-state index in [2.05, 4.69) is 5.32 Å². The van der Waals surface area contributed by atoms with Gasteiger partial charge in [-0.15, -0.1) is 0 Å². The molecule has 0 saturated carbocycles. The Labute approximate surface area is 232 Å². The molecule has 3 aromatic carbocycles. The third-order valence-electron chi connectivity index (χ3n) is 6.41. The first-order valence-corrected chi connectivity index (χ1v) is 14.8. The van der Waals surface area contributed by atoms with Crippen molar-refractivity contribution in [2.75, 3.05) is 17.4 Å². The van der Waals surface area contributed by atoms with Crippen LogP contribution in [0, 0.1) is 13.8 Å². The molecule has 0 aliphatic heterocycles. The normalized spacial score (nSPS) is 12.2. The quantitative estimate of drug-likeness (QED) is 0.349. The van der Waals surface area contributed by atoms with Gasteiger partial charge < -0.3 is 10.2 Å². The Morgan fingerprint density at radius 1 is 0.872 bits per heavy atom. The second-order valence-electron chi connectivity index (χ2n) is 10.1.